The molecule has 0 saturated heterocycles. The molecule has 154 valence electrons. The first kappa shape index (κ1) is 20.0. The van der Waals surface area contributed by atoms with Crippen LogP contribution in [0.3, 0.4) is 0 Å². The molecule has 0 aromatic heterocycles. The molecule has 0 atom stereocenters. The van der Waals surface area contributed by atoms with Gasteiger partial charge in [0.15, 0.2) is 0 Å². The highest BCUT2D eigenvalue weighted by molar-refractivity contribution is 5.69. The Morgan fingerprint density at radius 1 is 0.344 bits per heavy atom. The maximum absolute atomic E-state index is 2.36. The van der Waals surface area contributed by atoms with Crippen LogP contribution >= 0.6 is 0 Å². The van der Waals surface area contributed by atoms with E-state index in [0.29, 0.717) is 0 Å². The molecule has 0 N–H and O–H groups in total. The topological polar surface area (TPSA) is 0 Å². The van der Waals surface area contributed by atoms with Crippen molar-refractivity contribution in [3.8, 4) is 22.3 Å². The van der Waals surface area contributed by atoms with Crippen molar-refractivity contribution in [2.45, 2.75) is 12.8 Å². The van der Waals surface area contributed by atoms with Crippen LogP contribution in [0.25, 0.3) is 22.3 Å². The highest BCUT2D eigenvalue weighted by Gasteiger charge is 2.08. The first-order chi connectivity index (χ1) is 15.9. The molecule has 5 aromatic rings. The summed E-state index contributed by atoms with van der Waals surface area (Å²) in [5.41, 5.74) is 10.6. The second-order valence-corrected chi connectivity index (χ2v) is 8.22. The molecular formula is C32H26. The van der Waals surface area contributed by atoms with Crippen molar-refractivity contribution in [3.63, 3.8) is 0 Å². The van der Waals surface area contributed by atoms with Crippen LogP contribution in [-0.4, -0.2) is 0 Å². The summed E-state index contributed by atoms with van der Waals surface area (Å²) in [5.74, 6) is 0. The van der Waals surface area contributed by atoms with Gasteiger partial charge < -0.3 is 0 Å². The fourth-order valence-corrected chi connectivity index (χ4v) is 4.44. The average Bonchev–Trinajstić information content (AvgIpc) is 2.86. The minimum absolute atomic E-state index is 0.930. The van der Waals surface area contributed by atoms with Crippen molar-refractivity contribution in [1.29, 1.82) is 0 Å². The fraction of sp³-hybridized carbons (Fsp3) is 0.0625. The van der Waals surface area contributed by atoms with E-state index in [1.54, 1.807) is 0 Å². The minimum atomic E-state index is 0.930. The van der Waals surface area contributed by atoms with Crippen molar-refractivity contribution < 1.29 is 0 Å². The Morgan fingerprint density at radius 2 is 0.750 bits per heavy atom. The number of rotatable bonds is 6. The molecule has 0 bridgehead atoms. The summed E-state index contributed by atoms with van der Waals surface area (Å²) in [5, 5.41) is 0. The average molecular weight is 411 g/mol. The third-order valence-corrected chi connectivity index (χ3v) is 5.98. The van der Waals surface area contributed by atoms with Gasteiger partial charge >= 0.3 is 0 Å². The van der Waals surface area contributed by atoms with Crippen LogP contribution < -0.4 is 0 Å². The SMILES string of the molecule is c1ccc(-c2ccccc2Cc2cccc(Cc3ccccc3-c3ccccc3)c2)cc1. The zero-order valence-electron chi connectivity index (χ0n) is 18.1. The molecule has 0 aliphatic heterocycles. The van der Waals surface area contributed by atoms with Crippen LogP contribution in [0.15, 0.2) is 133 Å². The maximum atomic E-state index is 2.36. The summed E-state index contributed by atoms with van der Waals surface area (Å²) >= 11 is 0. The molecule has 0 heterocycles. The molecule has 0 spiro atoms. The highest BCUT2D eigenvalue weighted by atomic mass is 14.1. The van der Waals surface area contributed by atoms with E-state index < -0.39 is 0 Å². The molecule has 0 saturated carbocycles. The predicted molar refractivity (Wildman–Crippen MR) is 136 cm³/mol. The molecule has 0 aliphatic rings. The first-order valence-corrected chi connectivity index (χ1v) is 11.2. The van der Waals surface area contributed by atoms with Crippen LogP contribution in [0.4, 0.5) is 0 Å². The fourth-order valence-electron chi connectivity index (χ4n) is 4.44. The lowest BCUT2D eigenvalue weighted by molar-refractivity contribution is 1.14. The van der Waals surface area contributed by atoms with Gasteiger partial charge in [0.2, 0.25) is 0 Å². The molecule has 32 heavy (non-hydrogen) atoms. The lowest BCUT2D eigenvalue weighted by Crippen LogP contribution is -1.96. The van der Waals surface area contributed by atoms with E-state index >= 15 is 0 Å². The number of benzene rings is 5. The molecule has 0 heteroatoms. The summed E-state index contributed by atoms with van der Waals surface area (Å²) in [6, 6.07) is 47.9. The van der Waals surface area contributed by atoms with Crippen molar-refractivity contribution in [1.82, 2.24) is 0 Å². The van der Waals surface area contributed by atoms with Crippen molar-refractivity contribution in [2.75, 3.05) is 0 Å². The van der Waals surface area contributed by atoms with Gasteiger partial charge in [-0.3, -0.25) is 0 Å². The lowest BCUT2D eigenvalue weighted by atomic mass is 9.92. The van der Waals surface area contributed by atoms with Gasteiger partial charge in [-0.15, -0.1) is 0 Å². The molecule has 0 fully saturated rings. The third kappa shape index (κ3) is 4.55. The van der Waals surface area contributed by atoms with E-state index in [1.165, 1.54) is 44.5 Å². The Bertz CT molecular complexity index is 1200. The molecule has 0 unspecified atom stereocenters. The molecule has 0 nitrogen and oxygen atoms in total. The molecule has 0 radical (unpaired) electrons. The summed E-state index contributed by atoms with van der Waals surface area (Å²) < 4.78 is 0. The first-order valence-electron chi connectivity index (χ1n) is 11.2. The van der Waals surface area contributed by atoms with Crippen molar-refractivity contribution >= 4 is 0 Å². The van der Waals surface area contributed by atoms with Gasteiger partial charge in [-0.25, -0.2) is 0 Å². The van der Waals surface area contributed by atoms with Gasteiger partial charge in [0.25, 0.3) is 0 Å². The third-order valence-electron chi connectivity index (χ3n) is 5.98. The highest BCUT2D eigenvalue weighted by Crippen LogP contribution is 2.28. The van der Waals surface area contributed by atoms with E-state index in [4.69, 9.17) is 0 Å². The Balaban J connectivity index is 1.42. The van der Waals surface area contributed by atoms with Gasteiger partial charge in [0, 0.05) is 0 Å². The second kappa shape index (κ2) is 9.49. The molecule has 0 aliphatic carbocycles. The van der Waals surface area contributed by atoms with E-state index in [1.807, 2.05) is 0 Å². The monoisotopic (exact) mass is 410 g/mol. The number of hydrogen-bond donors (Lipinski definition) is 0. The van der Waals surface area contributed by atoms with E-state index in [2.05, 4.69) is 133 Å². The van der Waals surface area contributed by atoms with E-state index in [-0.39, 0.29) is 0 Å². The number of hydrogen-bond acceptors (Lipinski definition) is 0. The van der Waals surface area contributed by atoms with Gasteiger partial charge in [-0.2, -0.15) is 0 Å². The van der Waals surface area contributed by atoms with Crippen LogP contribution in [0.1, 0.15) is 22.3 Å². The zero-order valence-corrected chi connectivity index (χ0v) is 18.1. The Kier molecular flexibility index (Phi) is 5.94. The molecule has 0 amide bonds. The van der Waals surface area contributed by atoms with Gasteiger partial charge in [-0.05, 0) is 57.3 Å². The van der Waals surface area contributed by atoms with Crippen LogP contribution in [0.5, 0.6) is 0 Å². The van der Waals surface area contributed by atoms with Gasteiger partial charge in [0.05, 0.1) is 0 Å². The standard InChI is InChI=1S/C32H26/c1-3-14-27(15-4-1)31-20-9-7-18-29(31)23-25-12-11-13-26(22-25)24-30-19-8-10-21-32(30)28-16-5-2-6-17-28/h1-22H,23-24H2. The molecule has 5 aromatic carbocycles. The van der Waals surface area contributed by atoms with Gasteiger partial charge in [-0.1, -0.05) is 133 Å². The Labute approximate surface area is 190 Å². The summed E-state index contributed by atoms with van der Waals surface area (Å²) in [6.45, 7) is 0. The van der Waals surface area contributed by atoms with Crippen LogP contribution in [0, 0.1) is 0 Å². The quantitative estimate of drug-likeness (QED) is 0.265. The Morgan fingerprint density at radius 3 is 1.22 bits per heavy atom. The van der Waals surface area contributed by atoms with E-state index in [9.17, 15) is 0 Å². The summed E-state index contributed by atoms with van der Waals surface area (Å²) in [7, 11) is 0. The van der Waals surface area contributed by atoms with Gasteiger partial charge in [0.1, 0.15) is 0 Å². The second-order valence-electron chi connectivity index (χ2n) is 8.22. The van der Waals surface area contributed by atoms with E-state index in [0.717, 1.165) is 12.8 Å². The summed E-state index contributed by atoms with van der Waals surface area (Å²) in [6.07, 6.45) is 1.86. The molecular weight excluding hydrogens is 384 g/mol. The van der Waals surface area contributed by atoms with Crippen molar-refractivity contribution in [2.24, 2.45) is 0 Å². The molecule has 5 rings (SSSR count). The summed E-state index contributed by atoms with van der Waals surface area (Å²) in [4.78, 5) is 0. The zero-order chi connectivity index (χ0) is 21.6. The maximum Gasteiger partial charge on any atom is -0.00195 e. The predicted octanol–water partition coefficient (Wildman–Crippen LogP) is 8.20. The lowest BCUT2D eigenvalue weighted by Gasteiger charge is -2.13. The minimum Gasteiger partial charge on any atom is -0.0622 e. The van der Waals surface area contributed by atoms with Crippen molar-refractivity contribution in [3.05, 3.63) is 156 Å². The normalized spacial score (nSPS) is 10.8. The Hall–Kier alpha value is -3.90. The van der Waals surface area contributed by atoms with Crippen LogP contribution in [0.2, 0.25) is 0 Å². The van der Waals surface area contributed by atoms with Crippen LogP contribution in [-0.2, 0) is 12.8 Å². The largest absolute Gasteiger partial charge is 0.0622 e. The smallest absolute Gasteiger partial charge is 0.00195 e.